The van der Waals surface area contributed by atoms with Crippen molar-refractivity contribution in [3.63, 3.8) is 0 Å². The summed E-state index contributed by atoms with van der Waals surface area (Å²) in [5.74, 6) is -5.66. The number of rotatable bonds is 3. The van der Waals surface area contributed by atoms with Crippen LogP contribution in [0.25, 0.3) is 0 Å². The number of esters is 1. The van der Waals surface area contributed by atoms with Crippen molar-refractivity contribution in [2.75, 3.05) is 13.2 Å². The summed E-state index contributed by atoms with van der Waals surface area (Å²) in [4.78, 5) is 53.0. The molecule has 0 radical (unpaired) electrons. The van der Waals surface area contributed by atoms with E-state index in [2.05, 4.69) is 10.6 Å². The molecule has 0 spiro atoms. The minimum absolute atomic E-state index is 0.0232. The monoisotopic (exact) mass is 529 g/mol. The van der Waals surface area contributed by atoms with Gasteiger partial charge in [-0.05, 0) is 47.0 Å². The van der Waals surface area contributed by atoms with Crippen molar-refractivity contribution in [2.24, 2.45) is 5.92 Å². The second-order valence-corrected chi connectivity index (χ2v) is 10.9. The van der Waals surface area contributed by atoms with Crippen molar-refractivity contribution in [1.82, 2.24) is 15.5 Å². The molecule has 2 fully saturated rings. The van der Waals surface area contributed by atoms with Crippen LogP contribution in [0.3, 0.4) is 0 Å². The van der Waals surface area contributed by atoms with Gasteiger partial charge in [-0.3, -0.25) is 9.59 Å². The molecule has 10 nitrogen and oxygen atoms in total. The number of nitrogens with zero attached hydrogens (tertiary/aromatic N) is 1. The predicted molar refractivity (Wildman–Crippen MR) is 127 cm³/mol. The first-order valence-corrected chi connectivity index (χ1v) is 12.7. The molecule has 0 aromatic carbocycles. The number of halogens is 2. The molecule has 2 heterocycles. The molecule has 0 bridgehead atoms. The van der Waals surface area contributed by atoms with Gasteiger partial charge in [-0.25, -0.2) is 18.4 Å². The normalized spacial score (nSPS) is 32.2. The molecule has 3 rings (SSSR count). The maximum absolute atomic E-state index is 14.7. The van der Waals surface area contributed by atoms with Crippen LogP contribution in [0.5, 0.6) is 0 Å². The molecule has 3 amide bonds. The summed E-state index contributed by atoms with van der Waals surface area (Å²) >= 11 is 0. The SMILES string of the molecule is CCOC(=O)[C@@]12C[C@H]1C=CCCC(F)(F)CC[C@H](NC(=O)OC(C)(C)C)C(=O)N1C[C@H](O)C[C@H]1C(=O)N2. The number of alkyl carbamates (subject to hydrolysis) is 1. The lowest BCUT2D eigenvalue weighted by atomic mass is 10.0. The Morgan fingerprint density at radius 2 is 1.97 bits per heavy atom. The van der Waals surface area contributed by atoms with Crippen LogP contribution in [0, 0.1) is 5.92 Å². The number of fused-ring (bicyclic) bond motifs is 2. The summed E-state index contributed by atoms with van der Waals surface area (Å²) in [5.41, 5.74) is -2.25. The van der Waals surface area contributed by atoms with Gasteiger partial charge < -0.3 is 30.1 Å². The Labute approximate surface area is 215 Å². The summed E-state index contributed by atoms with van der Waals surface area (Å²) in [6.45, 7) is 6.35. The number of aliphatic hydroxyl groups is 1. The smallest absolute Gasteiger partial charge is 0.408 e. The van der Waals surface area contributed by atoms with E-state index in [1.165, 1.54) is 0 Å². The average molecular weight is 530 g/mol. The zero-order valence-corrected chi connectivity index (χ0v) is 21.7. The second kappa shape index (κ2) is 10.9. The summed E-state index contributed by atoms with van der Waals surface area (Å²) in [6, 6.07) is -2.57. The lowest BCUT2D eigenvalue weighted by Crippen LogP contribution is -2.57. The topological polar surface area (TPSA) is 134 Å². The highest BCUT2D eigenvalue weighted by Crippen LogP contribution is 2.46. The van der Waals surface area contributed by atoms with Gasteiger partial charge in [0.25, 0.3) is 0 Å². The number of allylic oxidation sites excluding steroid dienone is 1. The molecule has 0 unspecified atom stereocenters. The van der Waals surface area contributed by atoms with Gasteiger partial charge in [0.05, 0.1) is 12.7 Å². The number of carbonyl (C=O) groups is 4. The van der Waals surface area contributed by atoms with Gasteiger partial charge in [-0.15, -0.1) is 0 Å². The summed E-state index contributed by atoms with van der Waals surface area (Å²) in [5, 5.41) is 15.4. The Morgan fingerprint density at radius 1 is 1.27 bits per heavy atom. The van der Waals surface area contributed by atoms with Gasteiger partial charge in [-0.2, -0.15) is 0 Å². The van der Waals surface area contributed by atoms with E-state index in [4.69, 9.17) is 9.47 Å². The number of hydrogen-bond donors (Lipinski definition) is 3. The van der Waals surface area contributed by atoms with E-state index in [-0.39, 0.29) is 32.4 Å². The molecule has 5 atom stereocenters. The molecule has 12 heteroatoms. The molecule has 1 saturated carbocycles. The molecular weight excluding hydrogens is 492 g/mol. The van der Waals surface area contributed by atoms with Crippen LogP contribution in [0.2, 0.25) is 0 Å². The van der Waals surface area contributed by atoms with Crippen molar-refractivity contribution in [2.45, 2.75) is 101 Å². The zero-order chi connectivity index (χ0) is 27.6. The van der Waals surface area contributed by atoms with Crippen molar-refractivity contribution < 1.29 is 42.5 Å². The lowest BCUT2D eigenvalue weighted by Gasteiger charge is -2.30. The van der Waals surface area contributed by atoms with Gasteiger partial charge in [0.1, 0.15) is 23.2 Å². The standard InChI is InChI=1S/C25H37F2N3O7/c1-5-36-21(34)25-13-15(25)8-6-7-10-24(26,27)11-9-17(28-22(35)37-23(2,3)4)20(33)30-14-16(31)12-18(30)19(32)29-25/h6,8,15-18,31H,5,7,9-14H2,1-4H3,(H,28,35)(H,29,32)/t15-,16-,17+,18+,25-/m1/s1. The summed E-state index contributed by atoms with van der Waals surface area (Å²) in [6.07, 6.45) is -0.244. The lowest BCUT2D eigenvalue weighted by molar-refractivity contribution is -0.150. The van der Waals surface area contributed by atoms with Gasteiger partial charge in [0.2, 0.25) is 17.7 Å². The number of aliphatic hydroxyl groups excluding tert-OH is 1. The highest BCUT2D eigenvalue weighted by molar-refractivity contribution is 5.96. The van der Waals surface area contributed by atoms with E-state index >= 15 is 0 Å². The van der Waals surface area contributed by atoms with Crippen molar-refractivity contribution in [1.29, 1.82) is 0 Å². The quantitative estimate of drug-likeness (QED) is 0.376. The fourth-order valence-electron chi connectivity index (χ4n) is 4.76. The first-order valence-electron chi connectivity index (χ1n) is 12.7. The van der Waals surface area contributed by atoms with Crippen LogP contribution in [-0.4, -0.2) is 82.3 Å². The molecule has 3 N–H and O–H groups in total. The van der Waals surface area contributed by atoms with Crippen LogP contribution in [0.15, 0.2) is 12.2 Å². The van der Waals surface area contributed by atoms with E-state index < -0.39 is 84.3 Å². The minimum Gasteiger partial charge on any atom is -0.464 e. The Hall–Kier alpha value is -2.76. The first kappa shape index (κ1) is 28.8. The molecule has 3 aliphatic rings. The molecular formula is C25H37F2N3O7. The number of hydrogen-bond acceptors (Lipinski definition) is 7. The van der Waals surface area contributed by atoms with Crippen LogP contribution in [0.4, 0.5) is 13.6 Å². The number of amides is 3. The van der Waals surface area contributed by atoms with Crippen molar-refractivity contribution in [3.05, 3.63) is 12.2 Å². The summed E-state index contributed by atoms with van der Waals surface area (Å²) in [7, 11) is 0. The average Bonchev–Trinajstić information content (AvgIpc) is 3.33. The van der Waals surface area contributed by atoms with E-state index in [0.29, 0.717) is 0 Å². The Morgan fingerprint density at radius 3 is 2.62 bits per heavy atom. The van der Waals surface area contributed by atoms with E-state index in [9.17, 15) is 33.1 Å². The van der Waals surface area contributed by atoms with Gasteiger partial charge in [-0.1, -0.05) is 12.2 Å². The molecule has 2 aliphatic heterocycles. The van der Waals surface area contributed by atoms with Crippen molar-refractivity contribution >= 4 is 23.9 Å². The third kappa shape index (κ3) is 7.18. The number of carbonyl (C=O) groups excluding carboxylic acids is 4. The fraction of sp³-hybridized carbons (Fsp3) is 0.760. The van der Waals surface area contributed by atoms with Crippen LogP contribution in [-0.2, 0) is 23.9 Å². The van der Waals surface area contributed by atoms with E-state index in [1.54, 1.807) is 39.8 Å². The second-order valence-electron chi connectivity index (χ2n) is 10.9. The van der Waals surface area contributed by atoms with Crippen molar-refractivity contribution in [3.8, 4) is 0 Å². The third-order valence-corrected chi connectivity index (χ3v) is 6.70. The van der Waals surface area contributed by atoms with Gasteiger partial charge in [0.15, 0.2) is 0 Å². The number of alkyl halides is 2. The van der Waals surface area contributed by atoms with Gasteiger partial charge in [0, 0.05) is 31.7 Å². The van der Waals surface area contributed by atoms with Crippen LogP contribution in [0.1, 0.15) is 66.2 Å². The number of nitrogens with one attached hydrogen (secondary N) is 2. The highest BCUT2D eigenvalue weighted by atomic mass is 19.3. The molecule has 0 aromatic heterocycles. The maximum atomic E-state index is 14.7. The first-order chi connectivity index (χ1) is 17.2. The third-order valence-electron chi connectivity index (χ3n) is 6.70. The zero-order valence-electron chi connectivity index (χ0n) is 21.7. The van der Waals surface area contributed by atoms with E-state index in [1.807, 2.05) is 0 Å². The van der Waals surface area contributed by atoms with E-state index in [0.717, 1.165) is 4.90 Å². The fourth-order valence-corrected chi connectivity index (χ4v) is 4.76. The molecule has 0 aromatic rings. The molecule has 1 saturated heterocycles. The highest BCUT2D eigenvalue weighted by Gasteiger charge is 2.62. The molecule has 1 aliphatic carbocycles. The van der Waals surface area contributed by atoms with Crippen LogP contribution >= 0.6 is 0 Å². The Bertz CT molecular complexity index is 936. The summed E-state index contributed by atoms with van der Waals surface area (Å²) < 4.78 is 39.7. The number of ether oxygens (including phenoxy) is 2. The van der Waals surface area contributed by atoms with Gasteiger partial charge >= 0.3 is 12.1 Å². The maximum Gasteiger partial charge on any atom is 0.408 e. The molecule has 208 valence electrons. The Kier molecular flexibility index (Phi) is 8.50. The largest absolute Gasteiger partial charge is 0.464 e. The predicted octanol–water partition coefficient (Wildman–Crippen LogP) is 2.05. The molecule has 37 heavy (non-hydrogen) atoms. The van der Waals surface area contributed by atoms with Crippen LogP contribution < -0.4 is 10.6 Å². The Balaban J connectivity index is 1.91. The minimum atomic E-state index is -3.13.